The number of fused-ring (bicyclic) bond motifs is 1. The molecular formula is C26H25F2N5O. The number of nitrogens with zero attached hydrogens (tertiary/aromatic N) is 2. The first-order chi connectivity index (χ1) is 16.5. The van der Waals surface area contributed by atoms with Gasteiger partial charge in [-0.3, -0.25) is 9.89 Å². The number of hydrogen-bond donors (Lipinski definition) is 3. The smallest absolute Gasteiger partial charge is 0.256 e. The van der Waals surface area contributed by atoms with Crippen LogP contribution in [0.2, 0.25) is 0 Å². The van der Waals surface area contributed by atoms with Gasteiger partial charge in [-0.2, -0.15) is 5.10 Å². The summed E-state index contributed by atoms with van der Waals surface area (Å²) in [5.41, 5.74) is 3.15. The molecule has 0 spiro atoms. The number of aromatic amines is 1. The number of likely N-dealkylation sites (tertiary alicyclic amines) is 1. The fraction of sp³-hybridized carbons (Fsp3) is 0.231. The monoisotopic (exact) mass is 461 g/mol. The number of halogens is 2. The second kappa shape index (κ2) is 9.23. The van der Waals surface area contributed by atoms with Crippen molar-refractivity contribution < 1.29 is 13.6 Å². The summed E-state index contributed by atoms with van der Waals surface area (Å²) in [6.07, 6.45) is -0.150. The molecule has 0 unspecified atom stereocenters. The minimum Gasteiger partial charge on any atom is -0.353 e. The number of carbonyl (C=O) groups is 1. The molecule has 1 aromatic heterocycles. The number of benzene rings is 3. The van der Waals surface area contributed by atoms with Crippen LogP contribution in [0.1, 0.15) is 28.3 Å². The van der Waals surface area contributed by atoms with Gasteiger partial charge in [0.1, 0.15) is 12.0 Å². The van der Waals surface area contributed by atoms with E-state index in [9.17, 15) is 13.6 Å². The maximum absolute atomic E-state index is 14.5. The number of rotatable bonds is 5. The topological polar surface area (TPSA) is 73.0 Å². The molecule has 3 aromatic carbocycles. The summed E-state index contributed by atoms with van der Waals surface area (Å²) in [6, 6.07) is 19.0. The van der Waals surface area contributed by atoms with E-state index in [0.29, 0.717) is 34.8 Å². The molecule has 1 fully saturated rings. The normalized spacial score (nSPS) is 18.7. The second-order valence-corrected chi connectivity index (χ2v) is 8.69. The third kappa shape index (κ3) is 4.49. The van der Waals surface area contributed by atoms with Crippen LogP contribution in [0.5, 0.6) is 0 Å². The lowest BCUT2D eigenvalue weighted by Crippen LogP contribution is -2.38. The van der Waals surface area contributed by atoms with Crippen LogP contribution in [0.15, 0.2) is 66.7 Å². The molecule has 0 bridgehead atoms. The van der Waals surface area contributed by atoms with Gasteiger partial charge in [-0.1, -0.05) is 24.3 Å². The van der Waals surface area contributed by atoms with Crippen LogP contribution < -0.4 is 10.6 Å². The zero-order valence-electron chi connectivity index (χ0n) is 18.7. The van der Waals surface area contributed by atoms with Gasteiger partial charge in [0.05, 0.1) is 11.2 Å². The van der Waals surface area contributed by atoms with E-state index in [2.05, 4.69) is 20.8 Å². The van der Waals surface area contributed by atoms with Crippen LogP contribution >= 0.6 is 0 Å². The highest BCUT2D eigenvalue weighted by Gasteiger charge is 2.28. The lowest BCUT2D eigenvalue weighted by molar-refractivity contribution is 0.102. The predicted octanol–water partition coefficient (Wildman–Crippen LogP) is 5.46. The van der Waals surface area contributed by atoms with Crippen LogP contribution in [-0.2, 0) is 0 Å². The van der Waals surface area contributed by atoms with Crippen molar-refractivity contribution in [1.82, 2.24) is 15.1 Å². The first-order valence-corrected chi connectivity index (χ1v) is 11.2. The maximum Gasteiger partial charge on any atom is 0.256 e. The third-order valence-electron chi connectivity index (χ3n) is 6.29. The third-order valence-corrected chi connectivity index (χ3v) is 6.29. The molecule has 1 saturated heterocycles. The van der Waals surface area contributed by atoms with Gasteiger partial charge in [-0.15, -0.1) is 0 Å². The van der Waals surface area contributed by atoms with Gasteiger partial charge >= 0.3 is 0 Å². The SMILES string of the molecule is CN1CC[C@@H](c2ccc(C(=O)Nc3n[nH]c4cc(Nc5ccccc5F)ccc34)cc2)[C@@H](F)C1. The Balaban J connectivity index is 1.28. The van der Waals surface area contributed by atoms with Gasteiger partial charge < -0.3 is 15.5 Å². The summed E-state index contributed by atoms with van der Waals surface area (Å²) < 4.78 is 28.4. The van der Waals surface area contributed by atoms with Crippen molar-refractivity contribution in [2.24, 2.45) is 0 Å². The Hall–Kier alpha value is -3.78. The average Bonchev–Trinajstić information content (AvgIpc) is 3.22. The van der Waals surface area contributed by atoms with E-state index < -0.39 is 6.17 Å². The van der Waals surface area contributed by atoms with Crippen molar-refractivity contribution in [1.29, 1.82) is 0 Å². The number of H-pyrrole nitrogens is 1. The molecule has 4 aromatic rings. The number of carbonyl (C=O) groups excluding carboxylic acids is 1. The van der Waals surface area contributed by atoms with Gasteiger partial charge in [0.15, 0.2) is 5.82 Å². The summed E-state index contributed by atoms with van der Waals surface area (Å²) in [5.74, 6) is -0.380. The molecule has 1 aliphatic rings. The summed E-state index contributed by atoms with van der Waals surface area (Å²) >= 11 is 0. The molecule has 174 valence electrons. The average molecular weight is 462 g/mol. The standard InChI is InChI=1S/C26H25F2N5O/c1-33-13-12-19(22(28)15-33)16-6-8-17(9-7-16)26(34)30-25-20-11-10-18(14-24(20)31-32-25)29-23-5-3-2-4-21(23)27/h2-11,14,19,22,29H,12-13,15H2,1H3,(H2,30,31,32,34)/t19-,22-/m0/s1. The highest BCUT2D eigenvalue weighted by molar-refractivity contribution is 6.08. The van der Waals surface area contributed by atoms with E-state index >= 15 is 0 Å². The number of amides is 1. The van der Waals surface area contributed by atoms with E-state index in [0.717, 1.165) is 23.9 Å². The first-order valence-electron chi connectivity index (χ1n) is 11.2. The van der Waals surface area contributed by atoms with Crippen molar-refractivity contribution in [2.75, 3.05) is 30.8 Å². The summed E-state index contributed by atoms with van der Waals surface area (Å²) in [7, 11) is 1.93. The Kier molecular flexibility index (Phi) is 5.98. The zero-order valence-corrected chi connectivity index (χ0v) is 18.7. The molecule has 2 heterocycles. The molecule has 8 heteroatoms. The van der Waals surface area contributed by atoms with E-state index in [4.69, 9.17) is 0 Å². The molecule has 1 amide bonds. The van der Waals surface area contributed by atoms with Gasteiger partial charge in [-0.25, -0.2) is 8.78 Å². The lowest BCUT2D eigenvalue weighted by atomic mass is 9.87. The van der Waals surface area contributed by atoms with Crippen LogP contribution in [0, 0.1) is 5.82 Å². The molecule has 2 atom stereocenters. The molecule has 6 nitrogen and oxygen atoms in total. The zero-order chi connectivity index (χ0) is 23.7. The van der Waals surface area contributed by atoms with Crippen LogP contribution in [-0.4, -0.2) is 47.3 Å². The van der Waals surface area contributed by atoms with Crippen LogP contribution in [0.25, 0.3) is 10.9 Å². The summed E-state index contributed by atoms with van der Waals surface area (Å²) in [4.78, 5) is 14.8. The van der Waals surface area contributed by atoms with Crippen molar-refractivity contribution in [3.63, 3.8) is 0 Å². The molecule has 1 aliphatic heterocycles. The highest BCUT2D eigenvalue weighted by atomic mass is 19.1. The van der Waals surface area contributed by atoms with Crippen LogP contribution in [0.3, 0.4) is 0 Å². The minimum atomic E-state index is -0.911. The lowest BCUT2D eigenvalue weighted by Gasteiger charge is -2.32. The van der Waals surface area contributed by atoms with Gasteiger partial charge in [-0.05, 0) is 68.0 Å². The quantitative estimate of drug-likeness (QED) is 0.369. The number of piperidine rings is 1. The van der Waals surface area contributed by atoms with Crippen LogP contribution in [0.4, 0.5) is 26.0 Å². The minimum absolute atomic E-state index is 0.143. The Morgan fingerprint density at radius 1 is 1.12 bits per heavy atom. The number of nitrogens with one attached hydrogen (secondary N) is 3. The fourth-order valence-electron chi connectivity index (χ4n) is 4.40. The van der Waals surface area contributed by atoms with Crippen molar-refractivity contribution in [3.05, 3.63) is 83.7 Å². The Morgan fingerprint density at radius 2 is 1.91 bits per heavy atom. The molecule has 34 heavy (non-hydrogen) atoms. The Bertz CT molecular complexity index is 1320. The van der Waals surface area contributed by atoms with Gasteiger partial charge in [0.25, 0.3) is 5.91 Å². The number of anilines is 3. The summed E-state index contributed by atoms with van der Waals surface area (Å²) in [6.45, 7) is 1.29. The van der Waals surface area contributed by atoms with E-state index in [1.807, 2.05) is 30.1 Å². The largest absolute Gasteiger partial charge is 0.353 e. The van der Waals surface area contributed by atoms with E-state index in [-0.39, 0.29) is 17.6 Å². The molecular weight excluding hydrogens is 436 g/mol. The predicted molar refractivity (Wildman–Crippen MR) is 130 cm³/mol. The number of aromatic nitrogens is 2. The highest BCUT2D eigenvalue weighted by Crippen LogP contribution is 2.31. The van der Waals surface area contributed by atoms with E-state index in [1.165, 1.54) is 6.07 Å². The number of alkyl halides is 1. The van der Waals surface area contributed by atoms with Gasteiger partial charge in [0.2, 0.25) is 0 Å². The molecule has 0 saturated carbocycles. The maximum atomic E-state index is 14.5. The Morgan fingerprint density at radius 3 is 2.68 bits per heavy atom. The molecule has 3 N–H and O–H groups in total. The molecule has 0 aliphatic carbocycles. The van der Waals surface area contributed by atoms with Gasteiger partial charge in [0, 0.05) is 29.1 Å². The Labute approximate surface area is 196 Å². The molecule has 0 radical (unpaired) electrons. The van der Waals surface area contributed by atoms with Crippen molar-refractivity contribution >= 4 is 34.0 Å². The number of para-hydroxylation sites is 1. The van der Waals surface area contributed by atoms with Crippen molar-refractivity contribution in [3.8, 4) is 0 Å². The fourth-order valence-corrected chi connectivity index (χ4v) is 4.40. The summed E-state index contributed by atoms with van der Waals surface area (Å²) in [5, 5.41) is 13.7. The number of hydrogen-bond acceptors (Lipinski definition) is 4. The van der Waals surface area contributed by atoms with E-state index in [1.54, 1.807) is 42.5 Å². The second-order valence-electron chi connectivity index (χ2n) is 8.69. The molecule has 5 rings (SSSR count). The first kappa shape index (κ1) is 22.0. The van der Waals surface area contributed by atoms with Crippen molar-refractivity contribution in [2.45, 2.75) is 18.5 Å².